The molecule has 1 amide bonds. The lowest BCUT2D eigenvalue weighted by molar-refractivity contribution is -0.129. The lowest BCUT2D eigenvalue weighted by Crippen LogP contribution is -2.64. The maximum absolute atomic E-state index is 12.0. The number of aromatic nitrogens is 4. The number of amides is 1. The summed E-state index contributed by atoms with van der Waals surface area (Å²) < 4.78 is 0. The normalized spacial score (nSPS) is 23.1. The summed E-state index contributed by atoms with van der Waals surface area (Å²) in [5.41, 5.74) is 6.38. The van der Waals surface area contributed by atoms with Crippen LogP contribution in [0.2, 0.25) is 0 Å². The highest BCUT2D eigenvalue weighted by molar-refractivity contribution is 5.88. The summed E-state index contributed by atoms with van der Waals surface area (Å²) in [6.07, 6.45) is 1.69. The van der Waals surface area contributed by atoms with Gasteiger partial charge in [0.25, 0.3) is 0 Å². The molecular weight excluding hydrogens is 272 g/mol. The molecule has 2 aliphatic heterocycles. The SMILES string of the molecule is Nc1nc(N2CCN3CCNC(=O)[C@@H]3C2)c2cn[nH]c2n1. The van der Waals surface area contributed by atoms with E-state index in [9.17, 15) is 4.79 Å². The molecule has 2 aromatic heterocycles. The molecule has 0 radical (unpaired) electrons. The summed E-state index contributed by atoms with van der Waals surface area (Å²) in [6, 6.07) is -0.134. The lowest BCUT2D eigenvalue weighted by atomic mass is 10.1. The fourth-order valence-corrected chi connectivity index (χ4v) is 3.05. The molecule has 9 heteroatoms. The molecule has 4 N–H and O–H groups in total. The summed E-state index contributed by atoms with van der Waals surface area (Å²) >= 11 is 0. The number of hydrogen-bond donors (Lipinski definition) is 3. The monoisotopic (exact) mass is 288 g/mol. The van der Waals surface area contributed by atoms with Crippen molar-refractivity contribution in [2.24, 2.45) is 0 Å². The van der Waals surface area contributed by atoms with E-state index in [1.807, 2.05) is 0 Å². The molecule has 2 aliphatic rings. The van der Waals surface area contributed by atoms with Gasteiger partial charge in [-0.3, -0.25) is 14.8 Å². The Morgan fingerprint density at radius 3 is 3.10 bits per heavy atom. The number of anilines is 2. The van der Waals surface area contributed by atoms with Crippen molar-refractivity contribution in [2.45, 2.75) is 6.04 Å². The van der Waals surface area contributed by atoms with Crippen LogP contribution in [-0.4, -0.2) is 69.7 Å². The van der Waals surface area contributed by atoms with Crippen LogP contribution in [-0.2, 0) is 4.79 Å². The van der Waals surface area contributed by atoms with Crippen LogP contribution in [0.5, 0.6) is 0 Å². The van der Waals surface area contributed by atoms with E-state index in [-0.39, 0.29) is 17.9 Å². The number of hydrogen-bond acceptors (Lipinski definition) is 7. The molecule has 2 fully saturated rings. The Balaban J connectivity index is 1.69. The van der Waals surface area contributed by atoms with Gasteiger partial charge in [-0.2, -0.15) is 15.1 Å². The number of aromatic amines is 1. The third kappa shape index (κ3) is 1.97. The van der Waals surface area contributed by atoms with Gasteiger partial charge in [-0.25, -0.2) is 0 Å². The van der Waals surface area contributed by atoms with E-state index in [0.717, 1.165) is 37.4 Å². The minimum Gasteiger partial charge on any atom is -0.368 e. The predicted molar refractivity (Wildman–Crippen MR) is 76.7 cm³/mol. The van der Waals surface area contributed by atoms with Crippen molar-refractivity contribution in [3.63, 3.8) is 0 Å². The van der Waals surface area contributed by atoms with Gasteiger partial charge in [0.1, 0.15) is 11.9 Å². The zero-order chi connectivity index (χ0) is 14.4. The Bertz CT molecular complexity index is 698. The molecule has 0 aliphatic carbocycles. The molecular formula is C12H16N8O. The number of rotatable bonds is 1. The van der Waals surface area contributed by atoms with Crippen molar-refractivity contribution in [2.75, 3.05) is 43.4 Å². The number of nitrogen functional groups attached to an aromatic ring is 1. The quantitative estimate of drug-likeness (QED) is 0.588. The van der Waals surface area contributed by atoms with Crippen LogP contribution in [0.15, 0.2) is 6.20 Å². The standard InChI is InChI=1S/C12H16N8O/c13-12-16-9-7(5-15-18-9)10(17-12)20-4-3-19-2-1-14-11(21)8(19)6-20/h5,8H,1-4,6H2,(H,14,21)(H3,13,15,16,17,18)/t8-/m0/s1. The van der Waals surface area contributed by atoms with Gasteiger partial charge in [0.2, 0.25) is 11.9 Å². The Labute approximate surface area is 120 Å². The van der Waals surface area contributed by atoms with Gasteiger partial charge < -0.3 is 16.0 Å². The minimum absolute atomic E-state index is 0.0800. The average Bonchev–Trinajstić information content (AvgIpc) is 2.94. The van der Waals surface area contributed by atoms with Gasteiger partial charge >= 0.3 is 0 Å². The molecule has 4 rings (SSSR count). The largest absolute Gasteiger partial charge is 0.368 e. The first kappa shape index (κ1) is 12.3. The first-order valence-corrected chi connectivity index (χ1v) is 6.95. The molecule has 4 heterocycles. The number of fused-ring (bicyclic) bond motifs is 2. The predicted octanol–water partition coefficient (Wildman–Crippen LogP) is -1.44. The van der Waals surface area contributed by atoms with Crippen molar-refractivity contribution in [1.82, 2.24) is 30.4 Å². The second-order valence-electron chi connectivity index (χ2n) is 5.33. The number of carbonyl (C=O) groups excluding carboxylic acids is 1. The molecule has 0 spiro atoms. The van der Waals surface area contributed by atoms with Crippen LogP contribution in [0.1, 0.15) is 0 Å². The smallest absolute Gasteiger partial charge is 0.239 e. The highest BCUT2D eigenvalue weighted by Gasteiger charge is 2.35. The molecule has 0 aromatic carbocycles. The third-order valence-electron chi connectivity index (χ3n) is 4.10. The van der Waals surface area contributed by atoms with Crippen molar-refractivity contribution >= 4 is 28.7 Å². The average molecular weight is 288 g/mol. The number of nitrogens with two attached hydrogens (primary N) is 1. The first-order valence-electron chi connectivity index (χ1n) is 6.95. The van der Waals surface area contributed by atoms with Crippen LogP contribution in [0.3, 0.4) is 0 Å². The fourth-order valence-electron chi connectivity index (χ4n) is 3.05. The number of piperazine rings is 2. The summed E-state index contributed by atoms with van der Waals surface area (Å²) in [7, 11) is 0. The van der Waals surface area contributed by atoms with E-state index in [1.165, 1.54) is 0 Å². The molecule has 1 atom stereocenters. The van der Waals surface area contributed by atoms with E-state index in [4.69, 9.17) is 5.73 Å². The van der Waals surface area contributed by atoms with Gasteiger partial charge in [0, 0.05) is 32.7 Å². The van der Waals surface area contributed by atoms with E-state index in [2.05, 4.69) is 35.3 Å². The summed E-state index contributed by atoms with van der Waals surface area (Å²) in [6.45, 7) is 3.86. The maximum Gasteiger partial charge on any atom is 0.239 e. The van der Waals surface area contributed by atoms with Gasteiger partial charge in [0.05, 0.1) is 11.6 Å². The number of carbonyl (C=O) groups is 1. The van der Waals surface area contributed by atoms with Gasteiger partial charge in [-0.15, -0.1) is 0 Å². The maximum atomic E-state index is 12.0. The van der Waals surface area contributed by atoms with Crippen molar-refractivity contribution in [3.8, 4) is 0 Å². The van der Waals surface area contributed by atoms with Crippen LogP contribution < -0.4 is 16.0 Å². The first-order chi connectivity index (χ1) is 10.2. The fraction of sp³-hybridized carbons (Fsp3) is 0.500. The molecule has 0 unspecified atom stereocenters. The van der Waals surface area contributed by atoms with Crippen LogP contribution >= 0.6 is 0 Å². The molecule has 110 valence electrons. The van der Waals surface area contributed by atoms with E-state index in [1.54, 1.807) is 6.20 Å². The van der Waals surface area contributed by atoms with E-state index in [0.29, 0.717) is 12.2 Å². The van der Waals surface area contributed by atoms with Crippen LogP contribution in [0, 0.1) is 0 Å². The zero-order valence-electron chi connectivity index (χ0n) is 11.4. The minimum atomic E-state index is -0.134. The molecule has 0 saturated carbocycles. The Kier molecular flexibility index (Phi) is 2.67. The van der Waals surface area contributed by atoms with Crippen molar-refractivity contribution in [1.29, 1.82) is 0 Å². The molecule has 0 bridgehead atoms. The van der Waals surface area contributed by atoms with Crippen LogP contribution in [0.25, 0.3) is 11.0 Å². The highest BCUT2D eigenvalue weighted by atomic mass is 16.2. The lowest BCUT2D eigenvalue weighted by Gasteiger charge is -2.43. The molecule has 2 saturated heterocycles. The number of nitrogens with one attached hydrogen (secondary N) is 2. The Morgan fingerprint density at radius 1 is 1.29 bits per heavy atom. The topological polar surface area (TPSA) is 116 Å². The third-order valence-corrected chi connectivity index (χ3v) is 4.10. The molecule has 2 aromatic rings. The summed E-state index contributed by atoms with van der Waals surface area (Å²) in [5.74, 6) is 1.03. The zero-order valence-corrected chi connectivity index (χ0v) is 11.4. The number of H-pyrrole nitrogens is 1. The Hall–Kier alpha value is -2.42. The molecule has 21 heavy (non-hydrogen) atoms. The van der Waals surface area contributed by atoms with E-state index < -0.39 is 0 Å². The summed E-state index contributed by atoms with van der Waals surface area (Å²) in [5, 5.41) is 10.5. The summed E-state index contributed by atoms with van der Waals surface area (Å²) in [4.78, 5) is 24.8. The van der Waals surface area contributed by atoms with Crippen LogP contribution in [0.4, 0.5) is 11.8 Å². The van der Waals surface area contributed by atoms with Gasteiger partial charge in [-0.05, 0) is 0 Å². The van der Waals surface area contributed by atoms with Gasteiger partial charge in [-0.1, -0.05) is 0 Å². The Morgan fingerprint density at radius 2 is 2.19 bits per heavy atom. The van der Waals surface area contributed by atoms with E-state index >= 15 is 0 Å². The van der Waals surface area contributed by atoms with Crippen molar-refractivity contribution in [3.05, 3.63) is 6.20 Å². The second-order valence-corrected chi connectivity index (χ2v) is 5.33. The molecule has 9 nitrogen and oxygen atoms in total. The van der Waals surface area contributed by atoms with Gasteiger partial charge in [0.15, 0.2) is 5.65 Å². The van der Waals surface area contributed by atoms with Crippen molar-refractivity contribution < 1.29 is 4.79 Å². The second kappa shape index (κ2) is 4.55. The number of nitrogens with zero attached hydrogens (tertiary/aromatic N) is 5. The highest BCUT2D eigenvalue weighted by Crippen LogP contribution is 2.25.